The molecule has 2 rings (SSSR count). The van der Waals surface area contributed by atoms with Crippen molar-refractivity contribution < 1.29 is 5.11 Å². The molecule has 5 nitrogen and oxygen atoms in total. The summed E-state index contributed by atoms with van der Waals surface area (Å²) in [4.78, 5) is 2.73. The highest BCUT2D eigenvalue weighted by molar-refractivity contribution is 8.01. The third-order valence-corrected chi connectivity index (χ3v) is 4.78. The second-order valence-electron chi connectivity index (χ2n) is 4.39. The van der Waals surface area contributed by atoms with Crippen molar-refractivity contribution in [1.82, 2.24) is 10.2 Å². The molecular weight excluding hydrogens is 292 g/mol. The van der Waals surface area contributed by atoms with Gasteiger partial charge in [-0.25, -0.2) is 0 Å². The Balaban J connectivity index is 2.33. The fraction of sp³-hybridized carbons (Fsp3) is 0.308. The molecule has 0 aliphatic carbocycles. The number of rotatable bonds is 4. The summed E-state index contributed by atoms with van der Waals surface area (Å²) in [7, 11) is 3.82. The summed E-state index contributed by atoms with van der Waals surface area (Å²) < 4.78 is 0.783. The first-order chi connectivity index (χ1) is 9.51. The molecule has 1 atom stereocenters. The molecule has 1 aromatic heterocycles. The minimum absolute atomic E-state index is 0.564. The van der Waals surface area contributed by atoms with E-state index in [1.165, 1.54) is 23.1 Å². The zero-order chi connectivity index (χ0) is 14.7. The molecule has 0 spiro atoms. The lowest BCUT2D eigenvalue weighted by molar-refractivity contribution is 0.196. The maximum Gasteiger partial charge on any atom is 0.208 e. The summed E-state index contributed by atoms with van der Waals surface area (Å²) in [6.07, 6.45) is -0.591. The molecule has 0 fully saturated rings. The molecule has 1 N–H and O–H groups in total. The second kappa shape index (κ2) is 6.22. The molecule has 2 aromatic rings. The predicted molar refractivity (Wildman–Crippen MR) is 80.1 cm³/mol. The van der Waals surface area contributed by atoms with Crippen LogP contribution in [0.25, 0.3) is 0 Å². The van der Waals surface area contributed by atoms with Crippen molar-refractivity contribution in [1.29, 1.82) is 5.26 Å². The maximum atomic E-state index is 9.80. The number of benzene rings is 1. The van der Waals surface area contributed by atoms with E-state index in [1.54, 1.807) is 25.1 Å². The molecule has 0 saturated heterocycles. The van der Waals surface area contributed by atoms with Gasteiger partial charge in [-0.05, 0) is 24.6 Å². The van der Waals surface area contributed by atoms with E-state index in [2.05, 4.69) is 16.3 Å². The van der Waals surface area contributed by atoms with Gasteiger partial charge in [0.15, 0.2) is 4.34 Å². The molecular formula is C13H14N4OS2. The minimum Gasteiger partial charge on any atom is -0.389 e. The fourth-order valence-corrected chi connectivity index (χ4v) is 3.53. The first-order valence-electron chi connectivity index (χ1n) is 5.92. The highest BCUT2D eigenvalue weighted by Gasteiger charge is 2.13. The van der Waals surface area contributed by atoms with Crippen LogP contribution in [0.1, 0.15) is 24.2 Å². The van der Waals surface area contributed by atoms with Crippen molar-refractivity contribution >= 4 is 28.2 Å². The Kier molecular flexibility index (Phi) is 4.60. The second-order valence-corrected chi connectivity index (χ2v) is 6.63. The minimum atomic E-state index is -0.591. The highest BCUT2D eigenvalue weighted by atomic mass is 32.2. The highest BCUT2D eigenvalue weighted by Crippen LogP contribution is 2.36. The topological polar surface area (TPSA) is 73.0 Å². The van der Waals surface area contributed by atoms with E-state index in [0.29, 0.717) is 5.56 Å². The van der Waals surface area contributed by atoms with Gasteiger partial charge in [-0.3, -0.25) is 0 Å². The van der Waals surface area contributed by atoms with E-state index >= 15 is 0 Å². The zero-order valence-electron chi connectivity index (χ0n) is 11.4. The van der Waals surface area contributed by atoms with Crippen molar-refractivity contribution in [2.75, 3.05) is 19.0 Å². The lowest BCUT2D eigenvalue weighted by Gasteiger charge is -2.10. The van der Waals surface area contributed by atoms with Crippen molar-refractivity contribution in [2.24, 2.45) is 0 Å². The Morgan fingerprint density at radius 1 is 1.40 bits per heavy atom. The summed E-state index contributed by atoms with van der Waals surface area (Å²) >= 11 is 2.89. The number of aliphatic hydroxyl groups excluding tert-OH is 1. The van der Waals surface area contributed by atoms with E-state index in [9.17, 15) is 5.11 Å². The molecule has 20 heavy (non-hydrogen) atoms. The number of aromatic nitrogens is 2. The molecule has 0 aliphatic rings. The van der Waals surface area contributed by atoms with Crippen LogP contribution in [-0.2, 0) is 0 Å². The molecule has 1 unspecified atom stereocenters. The van der Waals surface area contributed by atoms with Gasteiger partial charge in [0, 0.05) is 19.0 Å². The molecule has 0 radical (unpaired) electrons. The monoisotopic (exact) mass is 306 g/mol. The smallest absolute Gasteiger partial charge is 0.208 e. The number of hydrogen-bond donors (Lipinski definition) is 1. The van der Waals surface area contributed by atoms with Crippen molar-refractivity contribution in [3.8, 4) is 6.07 Å². The van der Waals surface area contributed by atoms with Gasteiger partial charge in [-0.2, -0.15) is 5.26 Å². The van der Waals surface area contributed by atoms with Gasteiger partial charge < -0.3 is 10.0 Å². The Hall–Kier alpha value is -1.62. The molecule has 0 saturated carbocycles. The van der Waals surface area contributed by atoms with Crippen LogP contribution < -0.4 is 4.90 Å². The van der Waals surface area contributed by atoms with Crippen LogP contribution in [0.15, 0.2) is 27.4 Å². The van der Waals surface area contributed by atoms with Crippen LogP contribution in [0.2, 0.25) is 0 Å². The van der Waals surface area contributed by atoms with Gasteiger partial charge in [-0.1, -0.05) is 29.2 Å². The average Bonchev–Trinajstić information content (AvgIpc) is 2.87. The van der Waals surface area contributed by atoms with Crippen LogP contribution in [-0.4, -0.2) is 29.4 Å². The van der Waals surface area contributed by atoms with E-state index < -0.39 is 6.10 Å². The lowest BCUT2D eigenvalue weighted by Crippen LogP contribution is -2.07. The van der Waals surface area contributed by atoms with Gasteiger partial charge in [0.05, 0.1) is 17.7 Å². The molecule has 0 bridgehead atoms. The van der Waals surface area contributed by atoms with Gasteiger partial charge in [0.2, 0.25) is 5.13 Å². The van der Waals surface area contributed by atoms with E-state index in [0.717, 1.165) is 19.9 Å². The van der Waals surface area contributed by atoms with Crippen LogP contribution >= 0.6 is 23.1 Å². The van der Waals surface area contributed by atoms with E-state index in [4.69, 9.17) is 5.26 Å². The standard InChI is InChI=1S/C13H14N4OS2/c1-8(18)10-5-4-9(7-14)6-11(10)19-13-16-15-12(20-13)17(2)3/h4-6,8,18H,1-3H3. The third-order valence-electron chi connectivity index (χ3n) is 2.57. The largest absolute Gasteiger partial charge is 0.389 e. The molecule has 1 heterocycles. The van der Waals surface area contributed by atoms with Crippen molar-refractivity contribution in [3.05, 3.63) is 29.3 Å². The molecule has 104 valence electrons. The molecule has 0 amide bonds. The Morgan fingerprint density at radius 2 is 2.15 bits per heavy atom. The first-order valence-corrected chi connectivity index (χ1v) is 7.55. The fourth-order valence-electron chi connectivity index (χ4n) is 1.56. The van der Waals surface area contributed by atoms with E-state index in [-0.39, 0.29) is 0 Å². The SMILES string of the molecule is CC(O)c1ccc(C#N)cc1Sc1nnc(N(C)C)s1. The molecule has 0 aliphatic heterocycles. The van der Waals surface area contributed by atoms with Gasteiger partial charge >= 0.3 is 0 Å². The van der Waals surface area contributed by atoms with Crippen LogP contribution in [0.4, 0.5) is 5.13 Å². The molecule has 7 heteroatoms. The summed E-state index contributed by atoms with van der Waals surface area (Å²) in [5, 5.41) is 27.8. The third kappa shape index (κ3) is 3.28. The Morgan fingerprint density at radius 3 is 2.70 bits per heavy atom. The number of hydrogen-bond acceptors (Lipinski definition) is 7. The first kappa shape index (κ1) is 14.8. The van der Waals surface area contributed by atoms with Crippen LogP contribution in [0.5, 0.6) is 0 Å². The average molecular weight is 306 g/mol. The normalized spacial score (nSPS) is 11.9. The zero-order valence-corrected chi connectivity index (χ0v) is 13.0. The van der Waals surface area contributed by atoms with Gasteiger partial charge in [-0.15, -0.1) is 10.2 Å². The van der Waals surface area contributed by atoms with Crippen molar-refractivity contribution in [2.45, 2.75) is 22.3 Å². The number of anilines is 1. The Bertz CT molecular complexity index is 646. The van der Waals surface area contributed by atoms with Crippen LogP contribution in [0, 0.1) is 11.3 Å². The van der Waals surface area contributed by atoms with Crippen LogP contribution in [0.3, 0.4) is 0 Å². The number of aliphatic hydroxyl groups is 1. The number of nitriles is 1. The quantitative estimate of drug-likeness (QED) is 0.936. The summed E-state index contributed by atoms with van der Waals surface area (Å²) in [6, 6.07) is 7.36. The lowest BCUT2D eigenvalue weighted by atomic mass is 10.1. The maximum absolute atomic E-state index is 9.80. The van der Waals surface area contributed by atoms with Crippen molar-refractivity contribution in [3.63, 3.8) is 0 Å². The molecule has 1 aromatic carbocycles. The predicted octanol–water partition coefficient (Wildman–Crippen LogP) is 2.68. The van der Waals surface area contributed by atoms with Gasteiger partial charge in [0.1, 0.15) is 0 Å². The van der Waals surface area contributed by atoms with E-state index in [1.807, 2.05) is 19.0 Å². The summed E-state index contributed by atoms with van der Waals surface area (Å²) in [5.74, 6) is 0. The van der Waals surface area contributed by atoms with Gasteiger partial charge in [0.25, 0.3) is 0 Å². The summed E-state index contributed by atoms with van der Waals surface area (Å²) in [6.45, 7) is 1.71. The Labute approximate surface area is 125 Å². The summed E-state index contributed by atoms with van der Waals surface area (Å²) in [5.41, 5.74) is 1.35. The number of nitrogens with zero attached hydrogens (tertiary/aromatic N) is 4.